The number of thioether (sulfide) groups is 1. The van der Waals surface area contributed by atoms with E-state index in [4.69, 9.17) is 0 Å². The van der Waals surface area contributed by atoms with Gasteiger partial charge in [0.2, 0.25) is 0 Å². The smallest absolute Gasteiger partial charge is 0.151 e. The largest absolute Gasteiger partial charge is 0.298 e. The summed E-state index contributed by atoms with van der Waals surface area (Å²) in [5.74, 6) is 1.19. The average Bonchev–Trinajstić information content (AvgIpc) is 2.76. The normalized spacial score (nSPS) is 23.6. The molecule has 0 aliphatic carbocycles. The molecule has 24 heavy (non-hydrogen) atoms. The fourth-order valence-electron chi connectivity index (χ4n) is 3.72. The van der Waals surface area contributed by atoms with Gasteiger partial charge in [-0.3, -0.25) is 4.79 Å². The van der Waals surface area contributed by atoms with Crippen molar-refractivity contribution in [3.63, 3.8) is 0 Å². The summed E-state index contributed by atoms with van der Waals surface area (Å²) < 4.78 is 0. The summed E-state index contributed by atoms with van der Waals surface area (Å²) in [5, 5.41) is 0. The molecular formula is C22H26OS. The summed E-state index contributed by atoms with van der Waals surface area (Å²) in [7, 11) is 0. The molecule has 0 saturated heterocycles. The number of unbranched alkanes of at least 4 members (excludes halogenated alkanes) is 1. The molecule has 3 rings (SSSR count). The lowest BCUT2D eigenvalue weighted by Crippen LogP contribution is -2.36. The van der Waals surface area contributed by atoms with Crippen molar-refractivity contribution in [1.82, 2.24) is 0 Å². The standard InChI is InChI=1S/C22H26OS/c1-3-5-15-22(4-2)16-24-19-14-10-9-13-18(19)20(21(22)23)17-11-7-6-8-12-17/h6-14,20H,3-5,15-16H2,1-2H3. The van der Waals surface area contributed by atoms with E-state index in [-0.39, 0.29) is 11.3 Å². The van der Waals surface area contributed by atoms with Crippen LogP contribution in [0.2, 0.25) is 0 Å². The third-order valence-electron chi connectivity index (χ3n) is 5.34. The van der Waals surface area contributed by atoms with Crippen molar-refractivity contribution >= 4 is 17.5 Å². The third-order valence-corrected chi connectivity index (χ3v) is 6.72. The number of rotatable bonds is 5. The van der Waals surface area contributed by atoms with Crippen LogP contribution < -0.4 is 0 Å². The van der Waals surface area contributed by atoms with E-state index in [1.54, 1.807) is 0 Å². The number of Topliss-reactive ketones (excluding diaryl/α,β-unsaturated/α-hetero) is 1. The minimum Gasteiger partial charge on any atom is -0.298 e. The van der Waals surface area contributed by atoms with Crippen LogP contribution >= 0.6 is 11.8 Å². The van der Waals surface area contributed by atoms with Crippen molar-refractivity contribution < 1.29 is 4.79 Å². The highest BCUT2D eigenvalue weighted by Crippen LogP contribution is 2.47. The van der Waals surface area contributed by atoms with Crippen molar-refractivity contribution in [3.8, 4) is 0 Å². The molecule has 0 radical (unpaired) electrons. The second kappa shape index (κ2) is 7.57. The molecule has 0 bridgehead atoms. The number of hydrogen-bond donors (Lipinski definition) is 0. The first kappa shape index (κ1) is 17.3. The van der Waals surface area contributed by atoms with Gasteiger partial charge in [-0.05, 0) is 30.0 Å². The Balaban J connectivity index is 2.11. The SMILES string of the molecule is CCCCC1(CC)CSc2ccccc2C(c2ccccc2)C1=O. The summed E-state index contributed by atoms with van der Waals surface area (Å²) in [5.41, 5.74) is 2.11. The molecule has 1 aliphatic heterocycles. The molecule has 2 atom stereocenters. The molecule has 0 amide bonds. The van der Waals surface area contributed by atoms with Crippen LogP contribution in [0.1, 0.15) is 56.6 Å². The number of fused-ring (bicyclic) bond motifs is 1. The van der Waals surface area contributed by atoms with Crippen molar-refractivity contribution in [2.75, 3.05) is 5.75 Å². The van der Waals surface area contributed by atoms with E-state index in [2.05, 4.69) is 50.2 Å². The highest BCUT2D eigenvalue weighted by molar-refractivity contribution is 7.99. The van der Waals surface area contributed by atoms with Crippen molar-refractivity contribution in [2.45, 2.75) is 50.3 Å². The van der Waals surface area contributed by atoms with Gasteiger partial charge in [0.25, 0.3) is 0 Å². The molecule has 2 heteroatoms. The number of hydrogen-bond acceptors (Lipinski definition) is 2. The first-order valence-corrected chi connectivity index (χ1v) is 10.0. The number of ketones is 1. The number of carbonyl (C=O) groups is 1. The van der Waals surface area contributed by atoms with Gasteiger partial charge in [0, 0.05) is 16.1 Å². The lowest BCUT2D eigenvalue weighted by molar-refractivity contribution is -0.128. The van der Waals surface area contributed by atoms with Gasteiger partial charge in [-0.15, -0.1) is 11.8 Å². The monoisotopic (exact) mass is 338 g/mol. The summed E-state index contributed by atoms with van der Waals surface area (Å²) in [6, 6.07) is 18.8. The number of carbonyl (C=O) groups excluding carboxylic acids is 1. The van der Waals surface area contributed by atoms with Crippen LogP contribution in [0.25, 0.3) is 0 Å². The Morgan fingerprint density at radius 1 is 1.04 bits per heavy atom. The molecule has 1 heterocycles. The van der Waals surface area contributed by atoms with Gasteiger partial charge >= 0.3 is 0 Å². The maximum atomic E-state index is 13.8. The van der Waals surface area contributed by atoms with Crippen LogP contribution in [-0.4, -0.2) is 11.5 Å². The molecule has 2 unspecified atom stereocenters. The molecule has 2 aromatic rings. The van der Waals surface area contributed by atoms with Gasteiger partial charge in [0.15, 0.2) is 5.78 Å². The second-order valence-electron chi connectivity index (χ2n) is 6.77. The fourth-order valence-corrected chi connectivity index (χ4v) is 5.17. The zero-order valence-electron chi connectivity index (χ0n) is 14.6. The molecule has 126 valence electrons. The Morgan fingerprint density at radius 2 is 1.75 bits per heavy atom. The van der Waals surface area contributed by atoms with E-state index in [1.165, 1.54) is 10.5 Å². The van der Waals surface area contributed by atoms with Crippen LogP contribution in [0.3, 0.4) is 0 Å². The van der Waals surface area contributed by atoms with E-state index >= 15 is 0 Å². The Hall–Kier alpha value is -1.54. The van der Waals surface area contributed by atoms with Gasteiger partial charge in [0.1, 0.15) is 0 Å². The van der Waals surface area contributed by atoms with E-state index in [9.17, 15) is 4.79 Å². The van der Waals surface area contributed by atoms with Gasteiger partial charge in [0.05, 0.1) is 5.92 Å². The predicted molar refractivity (Wildman–Crippen MR) is 103 cm³/mol. The fraction of sp³-hybridized carbons (Fsp3) is 0.409. The highest BCUT2D eigenvalue weighted by Gasteiger charge is 2.43. The Morgan fingerprint density at radius 3 is 2.46 bits per heavy atom. The highest BCUT2D eigenvalue weighted by atomic mass is 32.2. The zero-order valence-corrected chi connectivity index (χ0v) is 15.4. The van der Waals surface area contributed by atoms with Crippen molar-refractivity contribution in [3.05, 3.63) is 65.7 Å². The summed E-state index contributed by atoms with van der Waals surface area (Å²) >= 11 is 1.87. The molecule has 1 aliphatic rings. The summed E-state index contributed by atoms with van der Waals surface area (Å²) in [4.78, 5) is 15.0. The molecule has 0 aromatic heterocycles. The molecule has 0 fully saturated rings. The maximum absolute atomic E-state index is 13.8. The van der Waals surface area contributed by atoms with Crippen LogP contribution in [0.4, 0.5) is 0 Å². The Labute approximate surface area is 149 Å². The van der Waals surface area contributed by atoms with E-state index in [0.717, 1.165) is 37.0 Å². The second-order valence-corrected chi connectivity index (χ2v) is 7.79. The quantitative estimate of drug-likeness (QED) is 0.657. The maximum Gasteiger partial charge on any atom is 0.151 e. The Bertz CT molecular complexity index is 694. The van der Waals surface area contributed by atoms with Crippen molar-refractivity contribution in [2.24, 2.45) is 5.41 Å². The minimum atomic E-state index is -0.208. The van der Waals surface area contributed by atoms with Gasteiger partial charge in [-0.2, -0.15) is 0 Å². The predicted octanol–water partition coefficient (Wildman–Crippen LogP) is 6.08. The topological polar surface area (TPSA) is 17.1 Å². The van der Waals surface area contributed by atoms with Gasteiger partial charge < -0.3 is 0 Å². The molecule has 0 saturated carbocycles. The van der Waals surface area contributed by atoms with E-state index in [0.29, 0.717) is 5.78 Å². The third kappa shape index (κ3) is 3.17. The molecular weight excluding hydrogens is 312 g/mol. The van der Waals surface area contributed by atoms with E-state index < -0.39 is 0 Å². The van der Waals surface area contributed by atoms with Gasteiger partial charge in [-0.1, -0.05) is 75.2 Å². The molecule has 0 spiro atoms. The minimum absolute atomic E-state index is 0.130. The lowest BCUT2D eigenvalue weighted by atomic mass is 9.70. The summed E-state index contributed by atoms with van der Waals surface area (Å²) in [6.45, 7) is 4.40. The average molecular weight is 339 g/mol. The van der Waals surface area contributed by atoms with Crippen molar-refractivity contribution in [1.29, 1.82) is 0 Å². The molecule has 1 nitrogen and oxygen atoms in total. The molecule has 2 aromatic carbocycles. The summed E-state index contributed by atoms with van der Waals surface area (Å²) in [6.07, 6.45) is 4.19. The van der Waals surface area contributed by atoms with Gasteiger partial charge in [-0.25, -0.2) is 0 Å². The first-order valence-electron chi connectivity index (χ1n) is 9.03. The lowest BCUT2D eigenvalue weighted by Gasteiger charge is -2.32. The molecule has 0 N–H and O–H groups in total. The Kier molecular flexibility index (Phi) is 5.45. The zero-order chi connectivity index (χ0) is 17.0. The van der Waals surface area contributed by atoms with Crippen LogP contribution in [-0.2, 0) is 4.79 Å². The van der Waals surface area contributed by atoms with Crippen LogP contribution in [0, 0.1) is 5.41 Å². The van der Waals surface area contributed by atoms with E-state index in [1.807, 2.05) is 30.0 Å². The van der Waals surface area contributed by atoms with Crippen LogP contribution in [0.5, 0.6) is 0 Å². The number of benzene rings is 2. The first-order chi connectivity index (χ1) is 11.7. The van der Waals surface area contributed by atoms with Crippen LogP contribution in [0.15, 0.2) is 59.5 Å².